The molecule has 0 bridgehead atoms. The van der Waals surface area contributed by atoms with Crippen molar-refractivity contribution in [2.45, 2.75) is 33.1 Å². The third kappa shape index (κ3) is 1.76. The number of anilines is 1. The molecule has 2 heteroatoms. The highest BCUT2D eigenvalue weighted by Gasteiger charge is 2.16. The molecule has 0 fully saturated rings. The first-order valence-corrected chi connectivity index (χ1v) is 4.14. The molecule has 2 nitrogen and oxygen atoms in total. The monoisotopic (exact) mass is 164 g/mol. The molecule has 0 radical (unpaired) electrons. The van der Waals surface area contributed by atoms with Crippen molar-refractivity contribution in [3.63, 3.8) is 0 Å². The van der Waals surface area contributed by atoms with Gasteiger partial charge in [0, 0.05) is 5.69 Å². The number of aromatic nitrogens is 1. The van der Waals surface area contributed by atoms with Gasteiger partial charge in [-0.15, -0.1) is 0 Å². The van der Waals surface area contributed by atoms with Crippen LogP contribution in [-0.4, -0.2) is 4.98 Å². The Morgan fingerprint density at radius 1 is 1.33 bits per heavy atom. The maximum absolute atomic E-state index is 5.66. The van der Waals surface area contributed by atoms with Gasteiger partial charge in [-0.3, -0.25) is 4.98 Å². The summed E-state index contributed by atoms with van der Waals surface area (Å²) in [7, 11) is 0. The number of aryl methyl sites for hydroxylation is 1. The van der Waals surface area contributed by atoms with E-state index in [9.17, 15) is 0 Å². The van der Waals surface area contributed by atoms with Gasteiger partial charge in [0.1, 0.15) is 0 Å². The topological polar surface area (TPSA) is 38.9 Å². The van der Waals surface area contributed by atoms with E-state index in [1.54, 1.807) is 6.20 Å². The zero-order chi connectivity index (χ0) is 9.35. The Bertz CT molecular complexity index is 284. The van der Waals surface area contributed by atoms with E-state index >= 15 is 0 Å². The van der Waals surface area contributed by atoms with Gasteiger partial charge in [0.25, 0.3) is 0 Å². The number of nitrogen functional groups attached to an aromatic ring is 1. The Morgan fingerprint density at radius 2 is 1.92 bits per heavy atom. The average Bonchev–Trinajstić information content (AvgIpc) is 1.92. The quantitative estimate of drug-likeness (QED) is 0.638. The minimum atomic E-state index is 0.131. The van der Waals surface area contributed by atoms with Gasteiger partial charge in [-0.25, -0.2) is 0 Å². The van der Waals surface area contributed by atoms with Gasteiger partial charge in [-0.1, -0.05) is 20.8 Å². The summed E-state index contributed by atoms with van der Waals surface area (Å²) in [5, 5.41) is 0. The molecule has 0 atom stereocenters. The lowest BCUT2D eigenvalue weighted by Gasteiger charge is -2.20. The lowest BCUT2D eigenvalue weighted by molar-refractivity contribution is 0.582. The molecule has 2 N–H and O–H groups in total. The second-order valence-electron chi connectivity index (χ2n) is 4.15. The normalized spacial score (nSPS) is 11.7. The van der Waals surface area contributed by atoms with Crippen LogP contribution >= 0.6 is 0 Å². The Kier molecular flexibility index (Phi) is 2.09. The molecule has 1 aromatic rings. The van der Waals surface area contributed by atoms with Crippen LogP contribution in [0.3, 0.4) is 0 Å². The number of hydrogen-bond acceptors (Lipinski definition) is 2. The van der Waals surface area contributed by atoms with Crippen LogP contribution in [0, 0.1) is 6.92 Å². The average molecular weight is 164 g/mol. The molecule has 1 heterocycles. The van der Waals surface area contributed by atoms with Crippen LogP contribution in [0.5, 0.6) is 0 Å². The van der Waals surface area contributed by atoms with Gasteiger partial charge in [-0.2, -0.15) is 0 Å². The fourth-order valence-electron chi connectivity index (χ4n) is 1.31. The van der Waals surface area contributed by atoms with Crippen molar-refractivity contribution in [2.24, 2.45) is 0 Å². The van der Waals surface area contributed by atoms with Crippen molar-refractivity contribution in [3.8, 4) is 0 Å². The lowest BCUT2D eigenvalue weighted by atomic mass is 9.86. The molecule has 0 aromatic carbocycles. The van der Waals surface area contributed by atoms with E-state index in [4.69, 9.17) is 5.73 Å². The molecule has 1 aromatic heterocycles. The number of pyridine rings is 1. The molecule has 0 aliphatic carbocycles. The van der Waals surface area contributed by atoms with E-state index in [2.05, 4.69) is 25.8 Å². The molecule has 12 heavy (non-hydrogen) atoms. The maximum atomic E-state index is 5.66. The summed E-state index contributed by atoms with van der Waals surface area (Å²) in [6, 6.07) is 2.00. The number of nitrogens with zero attached hydrogens (tertiary/aromatic N) is 1. The van der Waals surface area contributed by atoms with Crippen molar-refractivity contribution in [1.82, 2.24) is 4.98 Å². The molecule has 0 saturated heterocycles. The SMILES string of the molecule is Cc1ncc(N)cc1C(C)(C)C. The predicted molar refractivity (Wildman–Crippen MR) is 52.1 cm³/mol. The van der Waals surface area contributed by atoms with E-state index in [0.29, 0.717) is 0 Å². The van der Waals surface area contributed by atoms with Crippen LogP contribution in [0.4, 0.5) is 5.69 Å². The van der Waals surface area contributed by atoms with Crippen molar-refractivity contribution in [3.05, 3.63) is 23.5 Å². The van der Waals surface area contributed by atoms with E-state index in [1.165, 1.54) is 5.56 Å². The second kappa shape index (κ2) is 2.77. The molecule has 0 amide bonds. The third-order valence-corrected chi connectivity index (χ3v) is 1.92. The molecular weight excluding hydrogens is 148 g/mol. The highest BCUT2D eigenvalue weighted by Crippen LogP contribution is 2.25. The van der Waals surface area contributed by atoms with Crippen LogP contribution in [-0.2, 0) is 5.41 Å². The largest absolute Gasteiger partial charge is 0.397 e. The maximum Gasteiger partial charge on any atom is 0.0503 e. The summed E-state index contributed by atoms with van der Waals surface area (Å²) >= 11 is 0. The molecular formula is C10H16N2. The zero-order valence-corrected chi connectivity index (χ0v) is 8.18. The number of nitrogens with two attached hydrogens (primary N) is 1. The van der Waals surface area contributed by atoms with Crippen molar-refractivity contribution >= 4 is 5.69 Å². The summed E-state index contributed by atoms with van der Waals surface area (Å²) < 4.78 is 0. The van der Waals surface area contributed by atoms with Crippen molar-refractivity contribution < 1.29 is 0 Å². The first kappa shape index (κ1) is 9.04. The van der Waals surface area contributed by atoms with Crippen LogP contribution < -0.4 is 5.73 Å². The highest BCUT2D eigenvalue weighted by molar-refractivity contribution is 5.42. The molecule has 66 valence electrons. The van der Waals surface area contributed by atoms with Gasteiger partial charge < -0.3 is 5.73 Å². The lowest BCUT2D eigenvalue weighted by Crippen LogP contribution is -2.14. The first-order chi connectivity index (χ1) is 5.41. The second-order valence-corrected chi connectivity index (χ2v) is 4.15. The van der Waals surface area contributed by atoms with Crippen LogP contribution in [0.15, 0.2) is 12.3 Å². The van der Waals surface area contributed by atoms with E-state index in [0.717, 1.165) is 11.4 Å². The predicted octanol–water partition coefficient (Wildman–Crippen LogP) is 2.27. The standard InChI is InChI=1S/C10H16N2/c1-7-9(10(2,3)4)5-8(11)6-12-7/h5-6H,11H2,1-4H3. The van der Waals surface area contributed by atoms with Crippen LogP contribution in [0.2, 0.25) is 0 Å². The molecule has 1 rings (SSSR count). The summed E-state index contributed by atoms with van der Waals surface area (Å²) in [5.74, 6) is 0. The van der Waals surface area contributed by atoms with Gasteiger partial charge in [-0.05, 0) is 24.0 Å². The van der Waals surface area contributed by atoms with Crippen molar-refractivity contribution in [1.29, 1.82) is 0 Å². The van der Waals surface area contributed by atoms with E-state index in [-0.39, 0.29) is 5.41 Å². The minimum absolute atomic E-state index is 0.131. The highest BCUT2D eigenvalue weighted by atomic mass is 14.7. The molecule has 0 unspecified atom stereocenters. The Labute approximate surface area is 73.8 Å². The summed E-state index contributed by atoms with van der Waals surface area (Å²) in [4.78, 5) is 4.22. The number of hydrogen-bond donors (Lipinski definition) is 1. The van der Waals surface area contributed by atoms with Gasteiger partial charge in [0.2, 0.25) is 0 Å². The minimum Gasteiger partial charge on any atom is -0.397 e. The summed E-state index contributed by atoms with van der Waals surface area (Å²) in [5.41, 5.74) is 8.83. The summed E-state index contributed by atoms with van der Waals surface area (Å²) in [6.45, 7) is 8.50. The van der Waals surface area contributed by atoms with E-state index in [1.807, 2.05) is 13.0 Å². The number of rotatable bonds is 0. The molecule has 0 spiro atoms. The summed E-state index contributed by atoms with van der Waals surface area (Å²) in [6.07, 6.45) is 1.70. The van der Waals surface area contributed by atoms with Crippen molar-refractivity contribution in [2.75, 3.05) is 5.73 Å². The van der Waals surface area contributed by atoms with Crippen LogP contribution in [0.1, 0.15) is 32.0 Å². The molecule has 0 saturated carbocycles. The molecule has 0 aliphatic heterocycles. The third-order valence-electron chi connectivity index (χ3n) is 1.92. The van der Waals surface area contributed by atoms with Gasteiger partial charge in [0.15, 0.2) is 0 Å². The fraction of sp³-hybridized carbons (Fsp3) is 0.500. The smallest absolute Gasteiger partial charge is 0.0503 e. The Balaban J connectivity index is 3.23. The Hall–Kier alpha value is -1.05. The Morgan fingerprint density at radius 3 is 2.33 bits per heavy atom. The van der Waals surface area contributed by atoms with Gasteiger partial charge in [0.05, 0.1) is 11.9 Å². The first-order valence-electron chi connectivity index (χ1n) is 4.14. The molecule has 0 aliphatic rings. The van der Waals surface area contributed by atoms with E-state index < -0.39 is 0 Å². The van der Waals surface area contributed by atoms with Crippen LogP contribution in [0.25, 0.3) is 0 Å². The van der Waals surface area contributed by atoms with Gasteiger partial charge >= 0.3 is 0 Å². The zero-order valence-electron chi connectivity index (χ0n) is 8.18. The fourth-order valence-corrected chi connectivity index (χ4v) is 1.31.